The highest BCUT2D eigenvalue weighted by molar-refractivity contribution is 7.99. The van der Waals surface area contributed by atoms with Crippen molar-refractivity contribution in [1.82, 2.24) is 4.90 Å². The van der Waals surface area contributed by atoms with Gasteiger partial charge in [0, 0.05) is 16.7 Å². The van der Waals surface area contributed by atoms with Gasteiger partial charge in [0.1, 0.15) is 5.76 Å². The lowest BCUT2D eigenvalue weighted by Gasteiger charge is -2.55. The van der Waals surface area contributed by atoms with Crippen molar-refractivity contribution in [2.45, 2.75) is 54.9 Å². The van der Waals surface area contributed by atoms with Crippen molar-refractivity contribution in [3.63, 3.8) is 0 Å². The van der Waals surface area contributed by atoms with Crippen molar-refractivity contribution in [1.29, 1.82) is 0 Å². The van der Waals surface area contributed by atoms with E-state index in [0.29, 0.717) is 6.42 Å². The highest BCUT2D eigenvalue weighted by Crippen LogP contribution is 2.49. The minimum absolute atomic E-state index is 0.244. The molecule has 5 heteroatoms. The molecule has 2 fully saturated rings. The summed E-state index contributed by atoms with van der Waals surface area (Å²) in [5.41, 5.74) is 1.01. The van der Waals surface area contributed by atoms with Gasteiger partial charge in [-0.1, -0.05) is 29.5 Å². The lowest BCUT2D eigenvalue weighted by atomic mass is 9.58. The van der Waals surface area contributed by atoms with Crippen LogP contribution in [-0.4, -0.2) is 40.4 Å². The van der Waals surface area contributed by atoms with Crippen LogP contribution in [0.4, 0.5) is 0 Å². The van der Waals surface area contributed by atoms with Gasteiger partial charge in [0.05, 0.1) is 18.8 Å². The zero-order valence-electron chi connectivity index (χ0n) is 14.5. The summed E-state index contributed by atoms with van der Waals surface area (Å²) in [7, 11) is 0. The Kier molecular flexibility index (Phi) is 4.67. The van der Waals surface area contributed by atoms with Gasteiger partial charge in [-0.2, -0.15) is 0 Å². The standard InChI is InChI=1S/C20H25NO3S/c1-14-2-5-16(6-3-14)25-19-7-4-15(24-19)13-21-10-8-20(9-11-21)17(22)12-18(20)23/h2-7,17-18,22-23H,8-13H2,1H3/t17-,18+. The van der Waals surface area contributed by atoms with Gasteiger partial charge in [-0.25, -0.2) is 0 Å². The van der Waals surface area contributed by atoms with Crippen LogP contribution >= 0.6 is 11.8 Å². The Labute approximate surface area is 152 Å². The molecular weight excluding hydrogens is 334 g/mol. The smallest absolute Gasteiger partial charge is 0.165 e. The predicted molar refractivity (Wildman–Crippen MR) is 97.6 cm³/mol. The number of furan rings is 1. The molecule has 2 N–H and O–H groups in total. The molecule has 1 aromatic heterocycles. The van der Waals surface area contributed by atoms with E-state index < -0.39 is 0 Å². The Hall–Kier alpha value is -1.27. The molecule has 1 aromatic carbocycles. The van der Waals surface area contributed by atoms with E-state index in [1.165, 1.54) is 10.5 Å². The molecule has 2 aliphatic rings. The molecule has 2 heterocycles. The lowest BCUT2D eigenvalue weighted by Crippen LogP contribution is -2.61. The van der Waals surface area contributed by atoms with Crippen LogP contribution in [0.1, 0.15) is 30.6 Å². The Balaban J connectivity index is 1.32. The molecule has 1 saturated carbocycles. The number of nitrogens with zero attached hydrogens (tertiary/aromatic N) is 1. The van der Waals surface area contributed by atoms with Crippen LogP contribution in [0.15, 0.2) is 50.8 Å². The molecule has 1 aliphatic heterocycles. The monoisotopic (exact) mass is 359 g/mol. The number of likely N-dealkylation sites (tertiary alicyclic amines) is 1. The fraction of sp³-hybridized carbons (Fsp3) is 0.500. The maximum Gasteiger partial charge on any atom is 0.165 e. The molecule has 2 atom stereocenters. The number of hydrogen-bond acceptors (Lipinski definition) is 5. The number of hydrogen-bond donors (Lipinski definition) is 2. The zero-order chi connectivity index (χ0) is 17.4. The Morgan fingerprint density at radius 1 is 1.08 bits per heavy atom. The van der Waals surface area contributed by atoms with Crippen LogP contribution in [0.5, 0.6) is 0 Å². The molecule has 0 unspecified atom stereocenters. The van der Waals surface area contributed by atoms with Crippen molar-refractivity contribution < 1.29 is 14.6 Å². The summed E-state index contributed by atoms with van der Waals surface area (Å²) in [5.74, 6) is 0.972. The number of rotatable bonds is 4. The predicted octanol–water partition coefficient (Wildman–Crippen LogP) is 3.45. The molecule has 4 nitrogen and oxygen atoms in total. The van der Waals surface area contributed by atoms with E-state index in [4.69, 9.17) is 4.42 Å². The topological polar surface area (TPSA) is 56.8 Å². The first kappa shape index (κ1) is 17.2. The Bertz CT molecular complexity index is 709. The molecule has 0 bridgehead atoms. The van der Waals surface area contributed by atoms with Gasteiger partial charge in [-0.15, -0.1) is 0 Å². The highest BCUT2D eigenvalue weighted by atomic mass is 32.2. The fourth-order valence-electron chi connectivity index (χ4n) is 3.98. The summed E-state index contributed by atoms with van der Waals surface area (Å²) in [6.07, 6.45) is 1.61. The number of aryl methyl sites for hydroxylation is 1. The third kappa shape index (κ3) is 3.38. The molecule has 1 aliphatic carbocycles. The second-order valence-electron chi connectivity index (χ2n) is 7.41. The second-order valence-corrected chi connectivity index (χ2v) is 8.49. The molecule has 0 amide bonds. The van der Waals surface area contributed by atoms with Gasteiger partial charge in [0.25, 0.3) is 0 Å². The highest BCUT2D eigenvalue weighted by Gasteiger charge is 2.54. The first-order valence-electron chi connectivity index (χ1n) is 8.97. The normalized spacial score (nSPS) is 25.9. The number of aliphatic hydroxyl groups excluding tert-OH is 2. The SMILES string of the molecule is Cc1ccc(Sc2ccc(CN3CCC4(CC3)[C@H](O)C[C@@H]4O)o2)cc1. The minimum atomic E-state index is -0.328. The first-order valence-corrected chi connectivity index (χ1v) is 9.78. The maximum absolute atomic E-state index is 10.0. The van der Waals surface area contributed by atoms with E-state index >= 15 is 0 Å². The number of aliphatic hydroxyl groups is 2. The van der Waals surface area contributed by atoms with E-state index in [9.17, 15) is 10.2 Å². The van der Waals surface area contributed by atoms with Crippen LogP contribution in [0, 0.1) is 12.3 Å². The van der Waals surface area contributed by atoms with E-state index in [2.05, 4.69) is 36.1 Å². The molecule has 134 valence electrons. The maximum atomic E-state index is 10.0. The zero-order valence-corrected chi connectivity index (χ0v) is 15.3. The van der Waals surface area contributed by atoms with Crippen LogP contribution in [0.3, 0.4) is 0 Å². The Morgan fingerprint density at radius 3 is 2.40 bits per heavy atom. The lowest BCUT2D eigenvalue weighted by molar-refractivity contribution is -0.190. The van der Waals surface area contributed by atoms with Crippen LogP contribution in [0.25, 0.3) is 0 Å². The summed E-state index contributed by atoms with van der Waals surface area (Å²) < 4.78 is 5.98. The van der Waals surface area contributed by atoms with Gasteiger partial charge in [-0.05, 0) is 57.1 Å². The van der Waals surface area contributed by atoms with Crippen molar-refractivity contribution in [2.75, 3.05) is 13.1 Å². The molecule has 4 rings (SSSR count). The fourth-order valence-corrected chi connectivity index (χ4v) is 4.77. The van der Waals surface area contributed by atoms with Crippen LogP contribution in [-0.2, 0) is 6.54 Å². The van der Waals surface area contributed by atoms with Gasteiger partial charge in [-0.3, -0.25) is 4.90 Å². The first-order chi connectivity index (χ1) is 12.0. The van der Waals surface area contributed by atoms with Crippen LogP contribution < -0.4 is 0 Å². The summed E-state index contributed by atoms with van der Waals surface area (Å²) in [5, 5.41) is 21.0. The van der Waals surface area contributed by atoms with E-state index in [0.717, 1.165) is 43.3 Å². The minimum Gasteiger partial charge on any atom is -0.453 e. The van der Waals surface area contributed by atoms with Crippen LogP contribution in [0.2, 0.25) is 0 Å². The van der Waals surface area contributed by atoms with Gasteiger partial charge >= 0.3 is 0 Å². The van der Waals surface area contributed by atoms with Crippen molar-refractivity contribution in [3.8, 4) is 0 Å². The molecule has 2 aromatic rings. The summed E-state index contributed by atoms with van der Waals surface area (Å²) in [4.78, 5) is 3.53. The van der Waals surface area contributed by atoms with Crippen molar-refractivity contribution >= 4 is 11.8 Å². The largest absolute Gasteiger partial charge is 0.453 e. The second kappa shape index (κ2) is 6.80. The molecule has 25 heavy (non-hydrogen) atoms. The van der Waals surface area contributed by atoms with Crippen molar-refractivity contribution in [3.05, 3.63) is 47.7 Å². The van der Waals surface area contributed by atoms with Gasteiger partial charge in [0.15, 0.2) is 5.09 Å². The average molecular weight is 359 g/mol. The van der Waals surface area contributed by atoms with Crippen molar-refractivity contribution in [2.24, 2.45) is 5.41 Å². The quantitative estimate of drug-likeness (QED) is 0.876. The van der Waals surface area contributed by atoms with E-state index in [1.807, 2.05) is 12.1 Å². The summed E-state index contributed by atoms with van der Waals surface area (Å²) in [6.45, 7) is 4.67. The molecule has 1 saturated heterocycles. The molecule has 0 radical (unpaired) electrons. The third-order valence-corrected chi connectivity index (χ3v) is 6.75. The number of piperidine rings is 1. The van der Waals surface area contributed by atoms with E-state index in [-0.39, 0.29) is 17.6 Å². The molecular formula is C20H25NO3S. The third-order valence-electron chi connectivity index (χ3n) is 5.82. The summed E-state index contributed by atoms with van der Waals surface area (Å²) in [6, 6.07) is 12.5. The van der Waals surface area contributed by atoms with E-state index in [1.54, 1.807) is 11.8 Å². The molecule has 1 spiro atoms. The van der Waals surface area contributed by atoms with Gasteiger partial charge in [0.2, 0.25) is 0 Å². The number of benzene rings is 1. The Morgan fingerprint density at radius 2 is 1.76 bits per heavy atom. The average Bonchev–Trinajstić information content (AvgIpc) is 3.05. The summed E-state index contributed by atoms with van der Waals surface area (Å²) >= 11 is 1.64. The van der Waals surface area contributed by atoms with Gasteiger partial charge < -0.3 is 14.6 Å².